The van der Waals surface area contributed by atoms with Crippen LogP contribution in [0.1, 0.15) is 11.3 Å². The molecule has 0 unspecified atom stereocenters. The normalized spacial score (nSPS) is 10.2. The number of rotatable bonds is 2. The second kappa shape index (κ2) is 4.08. The van der Waals surface area contributed by atoms with Crippen LogP contribution in [0.25, 0.3) is 10.6 Å². The molecule has 0 amide bonds. The van der Waals surface area contributed by atoms with Crippen molar-refractivity contribution >= 4 is 28.5 Å². The zero-order valence-corrected chi connectivity index (χ0v) is 9.86. The number of nitrogens with two attached hydrogens (primary N) is 1. The summed E-state index contributed by atoms with van der Waals surface area (Å²) in [5.41, 5.74) is 8.55. The Kier molecular flexibility index (Phi) is 2.79. The van der Waals surface area contributed by atoms with Crippen molar-refractivity contribution in [2.24, 2.45) is 5.73 Å². The van der Waals surface area contributed by atoms with Crippen molar-refractivity contribution in [3.05, 3.63) is 40.9 Å². The molecule has 2 N–H and O–H groups in total. The number of hydrogen-bond acceptors (Lipinski definition) is 3. The van der Waals surface area contributed by atoms with Gasteiger partial charge in [0.05, 0.1) is 0 Å². The van der Waals surface area contributed by atoms with Gasteiger partial charge in [-0.2, -0.15) is 0 Å². The number of nitrogens with zero attached hydrogens (tertiary/aromatic N) is 1. The summed E-state index contributed by atoms with van der Waals surface area (Å²) < 4.78 is 0. The van der Waals surface area contributed by atoms with Crippen molar-refractivity contribution < 1.29 is 0 Å². The molecule has 0 aliphatic carbocycles. The molecule has 0 saturated carbocycles. The smallest absolute Gasteiger partial charge is 0.124 e. The van der Waals surface area contributed by atoms with E-state index in [-0.39, 0.29) is 0 Å². The van der Waals surface area contributed by atoms with Crippen molar-refractivity contribution in [2.75, 3.05) is 0 Å². The summed E-state index contributed by atoms with van der Waals surface area (Å²) in [6.07, 6.45) is 0. The number of aromatic nitrogens is 1. The Hall–Kier alpha value is -1.26. The van der Waals surface area contributed by atoms with E-state index in [0.29, 0.717) is 10.7 Å². The fraction of sp³-hybridized carbons (Fsp3) is 0.0909. The molecule has 2 aromatic rings. The van der Waals surface area contributed by atoms with E-state index < -0.39 is 0 Å². The van der Waals surface area contributed by atoms with Crippen LogP contribution in [-0.2, 0) is 0 Å². The van der Waals surface area contributed by atoms with Crippen LogP contribution in [0.4, 0.5) is 0 Å². The zero-order valence-electron chi connectivity index (χ0n) is 8.23. The first kappa shape index (κ1) is 10.3. The zero-order chi connectivity index (χ0) is 10.8. The first-order valence-electron chi connectivity index (χ1n) is 4.49. The Morgan fingerprint density at radius 1 is 1.47 bits per heavy atom. The molecule has 1 aromatic heterocycles. The molecule has 2 rings (SSSR count). The maximum atomic E-state index is 5.51. The minimum absolute atomic E-state index is 0.352. The van der Waals surface area contributed by atoms with Crippen LogP contribution in [-0.4, -0.2) is 9.97 Å². The Bertz CT molecular complexity index is 503. The van der Waals surface area contributed by atoms with Crippen molar-refractivity contribution in [2.45, 2.75) is 6.92 Å². The lowest BCUT2D eigenvalue weighted by Crippen LogP contribution is -2.09. The highest BCUT2D eigenvalue weighted by atomic mass is 32.1. The lowest BCUT2D eigenvalue weighted by atomic mass is 10.1. The van der Waals surface area contributed by atoms with Crippen molar-refractivity contribution in [1.29, 1.82) is 0 Å². The van der Waals surface area contributed by atoms with Gasteiger partial charge in [-0.15, -0.1) is 11.3 Å². The summed E-state index contributed by atoms with van der Waals surface area (Å²) in [4.78, 5) is 4.73. The predicted molar refractivity (Wildman–Crippen MR) is 68.2 cm³/mol. The monoisotopic (exact) mass is 234 g/mol. The van der Waals surface area contributed by atoms with Gasteiger partial charge >= 0.3 is 0 Å². The average molecular weight is 234 g/mol. The van der Waals surface area contributed by atoms with Crippen LogP contribution in [0.3, 0.4) is 0 Å². The van der Waals surface area contributed by atoms with Crippen LogP contribution in [0.5, 0.6) is 0 Å². The summed E-state index contributed by atoms with van der Waals surface area (Å²) in [7, 11) is 0. The molecule has 0 aliphatic rings. The molecule has 1 aromatic carbocycles. The van der Waals surface area contributed by atoms with E-state index in [9.17, 15) is 0 Å². The standard InChI is InChI=1S/C11H10N2S2/c1-7-3-2-4-8(5-7)11-13-9(6-15-11)10(12)14/h2-6H,1H3,(H2,12,14). The molecule has 0 fully saturated rings. The SMILES string of the molecule is Cc1cccc(-c2nc(C(N)=S)cs2)c1. The van der Waals surface area contributed by atoms with Gasteiger partial charge < -0.3 is 5.73 Å². The van der Waals surface area contributed by atoms with Crippen LogP contribution in [0.15, 0.2) is 29.6 Å². The summed E-state index contributed by atoms with van der Waals surface area (Å²) in [5.74, 6) is 0. The maximum absolute atomic E-state index is 5.51. The molecule has 15 heavy (non-hydrogen) atoms. The summed E-state index contributed by atoms with van der Waals surface area (Å²) in [5, 5.41) is 2.85. The first-order valence-corrected chi connectivity index (χ1v) is 5.78. The van der Waals surface area contributed by atoms with Crippen molar-refractivity contribution in [3.63, 3.8) is 0 Å². The molecule has 0 bridgehead atoms. The Labute approximate surface area is 97.8 Å². The molecule has 4 heteroatoms. The summed E-state index contributed by atoms with van der Waals surface area (Å²) >= 11 is 6.43. The van der Waals surface area contributed by atoms with Crippen LogP contribution >= 0.6 is 23.6 Å². The van der Waals surface area contributed by atoms with E-state index in [1.807, 2.05) is 17.5 Å². The summed E-state index contributed by atoms with van der Waals surface area (Å²) in [6, 6.07) is 8.22. The van der Waals surface area contributed by atoms with E-state index in [0.717, 1.165) is 10.6 Å². The Morgan fingerprint density at radius 2 is 2.27 bits per heavy atom. The molecular formula is C11H10N2S2. The van der Waals surface area contributed by atoms with Crippen molar-refractivity contribution in [3.8, 4) is 10.6 Å². The lowest BCUT2D eigenvalue weighted by molar-refractivity contribution is 1.36. The fourth-order valence-electron chi connectivity index (χ4n) is 1.30. The molecule has 0 spiro atoms. The molecule has 0 saturated heterocycles. The van der Waals surface area contributed by atoms with E-state index in [1.165, 1.54) is 5.56 Å². The van der Waals surface area contributed by atoms with Crippen LogP contribution < -0.4 is 5.73 Å². The van der Waals surface area contributed by atoms with Gasteiger partial charge in [0, 0.05) is 10.9 Å². The Morgan fingerprint density at radius 3 is 2.87 bits per heavy atom. The van der Waals surface area contributed by atoms with Gasteiger partial charge in [0.25, 0.3) is 0 Å². The molecule has 0 radical (unpaired) electrons. The van der Waals surface area contributed by atoms with Gasteiger partial charge in [-0.05, 0) is 13.0 Å². The van der Waals surface area contributed by atoms with E-state index in [4.69, 9.17) is 18.0 Å². The number of aryl methyl sites for hydroxylation is 1. The second-order valence-electron chi connectivity index (χ2n) is 3.27. The van der Waals surface area contributed by atoms with Gasteiger partial charge in [0.1, 0.15) is 15.7 Å². The van der Waals surface area contributed by atoms with Gasteiger partial charge in [0.15, 0.2) is 0 Å². The van der Waals surface area contributed by atoms with Gasteiger partial charge in [-0.25, -0.2) is 4.98 Å². The highest BCUT2D eigenvalue weighted by molar-refractivity contribution is 7.80. The van der Waals surface area contributed by atoms with Gasteiger partial charge in [-0.3, -0.25) is 0 Å². The second-order valence-corrected chi connectivity index (χ2v) is 4.57. The molecular weight excluding hydrogens is 224 g/mol. The molecule has 76 valence electrons. The topological polar surface area (TPSA) is 38.9 Å². The lowest BCUT2D eigenvalue weighted by Gasteiger charge is -1.97. The van der Waals surface area contributed by atoms with Crippen LogP contribution in [0.2, 0.25) is 0 Å². The molecule has 1 heterocycles. The third kappa shape index (κ3) is 2.22. The number of thiazole rings is 1. The van der Waals surface area contributed by atoms with E-state index in [2.05, 4.69) is 24.0 Å². The van der Waals surface area contributed by atoms with E-state index in [1.54, 1.807) is 11.3 Å². The predicted octanol–water partition coefficient (Wildman–Crippen LogP) is 2.75. The number of thiocarbonyl (C=S) groups is 1. The fourth-order valence-corrected chi connectivity index (χ4v) is 2.29. The Balaban J connectivity index is 2.41. The highest BCUT2D eigenvalue weighted by Gasteiger charge is 2.05. The number of hydrogen-bond donors (Lipinski definition) is 1. The average Bonchev–Trinajstić information content (AvgIpc) is 2.66. The maximum Gasteiger partial charge on any atom is 0.124 e. The minimum Gasteiger partial charge on any atom is -0.388 e. The largest absolute Gasteiger partial charge is 0.388 e. The van der Waals surface area contributed by atoms with Gasteiger partial charge in [-0.1, -0.05) is 36.0 Å². The third-order valence-corrected chi connectivity index (χ3v) is 3.12. The van der Waals surface area contributed by atoms with Gasteiger partial charge in [0.2, 0.25) is 0 Å². The highest BCUT2D eigenvalue weighted by Crippen LogP contribution is 2.24. The number of benzene rings is 1. The molecule has 2 nitrogen and oxygen atoms in total. The van der Waals surface area contributed by atoms with E-state index >= 15 is 0 Å². The molecule has 0 atom stereocenters. The summed E-state index contributed by atoms with van der Waals surface area (Å²) in [6.45, 7) is 2.06. The van der Waals surface area contributed by atoms with Crippen molar-refractivity contribution in [1.82, 2.24) is 4.98 Å². The minimum atomic E-state index is 0.352. The quantitative estimate of drug-likeness (QED) is 0.812. The first-order chi connectivity index (χ1) is 7.16. The van der Waals surface area contributed by atoms with Crippen LogP contribution in [0, 0.1) is 6.92 Å². The molecule has 0 aliphatic heterocycles. The third-order valence-electron chi connectivity index (χ3n) is 2.02.